The molecular formula is C29H53N15O10. The molecule has 0 saturated heterocycles. The Morgan fingerprint density at radius 2 is 0.907 bits per heavy atom. The van der Waals surface area contributed by atoms with Crippen molar-refractivity contribution in [2.75, 3.05) is 52.4 Å². The van der Waals surface area contributed by atoms with E-state index in [0.717, 1.165) is 0 Å². The highest BCUT2D eigenvalue weighted by Crippen LogP contribution is 2.02. The molecule has 0 aliphatic heterocycles. The van der Waals surface area contributed by atoms with Crippen LogP contribution in [0.4, 0.5) is 0 Å². The van der Waals surface area contributed by atoms with E-state index in [1.54, 1.807) is 13.8 Å². The summed E-state index contributed by atoms with van der Waals surface area (Å²) in [5.74, 6) is -7.87. The number of carboxylic acids is 1. The number of hydrogen-bond donors (Lipinski definition) is 14. The maximum absolute atomic E-state index is 12.7. The van der Waals surface area contributed by atoms with Gasteiger partial charge in [-0.25, -0.2) is 4.79 Å². The quantitative estimate of drug-likeness (QED) is 0.0221. The molecular weight excluding hydrogens is 718 g/mol. The van der Waals surface area contributed by atoms with Gasteiger partial charge in [0.25, 0.3) is 0 Å². The maximum atomic E-state index is 12.7. The van der Waals surface area contributed by atoms with Crippen molar-refractivity contribution in [1.29, 1.82) is 0 Å². The van der Waals surface area contributed by atoms with E-state index >= 15 is 0 Å². The third-order valence-corrected chi connectivity index (χ3v) is 6.78. The van der Waals surface area contributed by atoms with Gasteiger partial charge >= 0.3 is 5.97 Å². The van der Waals surface area contributed by atoms with Crippen LogP contribution in [-0.2, 0) is 43.2 Å². The normalized spacial score (nSPS) is 12.0. The number of guanidine groups is 2. The summed E-state index contributed by atoms with van der Waals surface area (Å²) in [6.07, 6.45) is 0.998. The van der Waals surface area contributed by atoms with E-state index in [-0.39, 0.29) is 44.3 Å². The molecule has 0 heterocycles. The molecule has 0 aromatic carbocycles. The molecule has 304 valence electrons. The van der Waals surface area contributed by atoms with Crippen LogP contribution in [0.2, 0.25) is 0 Å². The number of nitrogens with zero attached hydrogens (tertiary/aromatic N) is 2. The lowest BCUT2D eigenvalue weighted by atomic mass is 10.0. The molecule has 0 aliphatic rings. The van der Waals surface area contributed by atoms with E-state index in [2.05, 4.69) is 52.5 Å². The highest BCUT2D eigenvalue weighted by Gasteiger charge is 2.25. The zero-order valence-corrected chi connectivity index (χ0v) is 30.2. The van der Waals surface area contributed by atoms with E-state index in [0.29, 0.717) is 6.42 Å². The van der Waals surface area contributed by atoms with Crippen LogP contribution >= 0.6 is 0 Å². The van der Waals surface area contributed by atoms with Gasteiger partial charge in [-0.15, -0.1) is 0 Å². The third-order valence-electron chi connectivity index (χ3n) is 6.78. The molecule has 3 atom stereocenters. The van der Waals surface area contributed by atoms with Crippen molar-refractivity contribution in [3.63, 3.8) is 0 Å². The van der Waals surface area contributed by atoms with Crippen LogP contribution in [0.25, 0.3) is 0 Å². The molecule has 0 aromatic rings. The molecule has 0 radical (unpaired) electrons. The number of nitrogens with one attached hydrogen (secondary N) is 8. The summed E-state index contributed by atoms with van der Waals surface area (Å²) in [5, 5.41) is 27.6. The molecule has 0 spiro atoms. The molecule has 0 aliphatic carbocycles. The van der Waals surface area contributed by atoms with Gasteiger partial charge in [-0.3, -0.25) is 48.3 Å². The Bertz CT molecular complexity index is 1380. The number of rotatable bonds is 26. The van der Waals surface area contributed by atoms with Gasteiger partial charge in [0.2, 0.25) is 47.3 Å². The van der Waals surface area contributed by atoms with E-state index in [1.165, 1.54) is 0 Å². The first-order valence-corrected chi connectivity index (χ1v) is 16.6. The second kappa shape index (κ2) is 26.5. The third kappa shape index (κ3) is 24.0. The number of aliphatic imine (C=N–C) groups is 2. The lowest BCUT2D eigenvalue weighted by Crippen LogP contribution is -2.54. The van der Waals surface area contributed by atoms with Crippen molar-refractivity contribution in [2.45, 2.75) is 57.7 Å². The van der Waals surface area contributed by atoms with Crippen molar-refractivity contribution in [3.8, 4) is 0 Å². The molecule has 19 N–H and O–H groups in total. The van der Waals surface area contributed by atoms with Crippen LogP contribution in [0, 0.1) is 5.92 Å². The van der Waals surface area contributed by atoms with Gasteiger partial charge in [-0.05, 0) is 31.6 Å². The Morgan fingerprint density at radius 1 is 0.537 bits per heavy atom. The zero-order valence-electron chi connectivity index (χ0n) is 30.2. The van der Waals surface area contributed by atoms with E-state index < -0.39 is 117 Å². The SMILES string of the molecule is CC(C)[C@H](NC(=O)CNC(=O)CNC(=O)CNC(=O)[C@@H](N)CCCN=C(N)N)C(=O)NCC(=O)NCC(=O)NCC(=O)N[C@@H](CCCN=C(N)N)C(=O)O. The molecule has 0 bridgehead atoms. The van der Waals surface area contributed by atoms with Crippen LogP contribution in [0.5, 0.6) is 0 Å². The first-order valence-electron chi connectivity index (χ1n) is 16.6. The topological polar surface area (TPSA) is 425 Å². The summed E-state index contributed by atoms with van der Waals surface area (Å²) < 4.78 is 0. The average molecular weight is 772 g/mol. The second-order valence-corrected chi connectivity index (χ2v) is 11.8. The Balaban J connectivity index is 4.47. The highest BCUT2D eigenvalue weighted by molar-refractivity contribution is 5.94. The predicted octanol–water partition coefficient (Wildman–Crippen LogP) is -8.17. The van der Waals surface area contributed by atoms with Gasteiger partial charge in [0.05, 0.1) is 45.3 Å². The van der Waals surface area contributed by atoms with Gasteiger partial charge in [0, 0.05) is 13.1 Å². The number of nitrogens with two attached hydrogens (primary N) is 5. The summed E-state index contributed by atoms with van der Waals surface area (Å²) in [7, 11) is 0. The van der Waals surface area contributed by atoms with Gasteiger partial charge in [-0.2, -0.15) is 0 Å². The lowest BCUT2D eigenvalue weighted by molar-refractivity contribution is -0.142. The minimum absolute atomic E-state index is 0.0279. The monoisotopic (exact) mass is 771 g/mol. The minimum atomic E-state index is -1.30. The smallest absolute Gasteiger partial charge is 0.326 e. The van der Waals surface area contributed by atoms with E-state index in [4.69, 9.17) is 28.7 Å². The van der Waals surface area contributed by atoms with Crippen LogP contribution in [0.3, 0.4) is 0 Å². The van der Waals surface area contributed by atoms with Crippen LogP contribution in [-0.4, -0.2) is 141 Å². The Morgan fingerprint density at radius 3 is 1.31 bits per heavy atom. The molecule has 25 nitrogen and oxygen atoms in total. The first-order chi connectivity index (χ1) is 25.3. The average Bonchev–Trinajstić information content (AvgIpc) is 3.10. The summed E-state index contributed by atoms with van der Waals surface area (Å²) >= 11 is 0. The van der Waals surface area contributed by atoms with Crippen LogP contribution < -0.4 is 71.2 Å². The first kappa shape index (κ1) is 47.7. The van der Waals surface area contributed by atoms with Gasteiger partial charge in [0.15, 0.2) is 11.9 Å². The number of hydrogen-bond acceptors (Lipinski definition) is 12. The molecule has 0 unspecified atom stereocenters. The predicted molar refractivity (Wildman–Crippen MR) is 192 cm³/mol. The summed E-state index contributed by atoms with van der Waals surface area (Å²) in [5.41, 5.74) is 26.6. The molecule has 0 aromatic heterocycles. The number of carbonyl (C=O) groups is 9. The van der Waals surface area contributed by atoms with Crippen molar-refractivity contribution in [3.05, 3.63) is 0 Å². The van der Waals surface area contributed by atoms with Gasteiger partial charge in [0.1, 0.15) is 12.1 Å². The number of carbonyl (C=O) groups excluding carboxylic acids is 8. The zero-order chi connectivity index (χ0) is 41.2. The summed E-state index contributed by atoms with van der Waals surface area (Å²) in [4.78, 5) is 116. The summed E-state index contributed by atoms with van der Waals surface area (Å²) in [6.45, 7) is 0.420. The Kier molecular flexibility index (Phi) is 23.4. The maximum Gasteiger partial charge on any atom is 0.326 e. The van der Waals surface area contributed by atoms with Crippen LogP contribution in [0.1, 0.15) is 39.5 Å². The van der Waals surface area contributed by atoms with E-state index in [9.17, 15) is 48.3 Å². The fourth-order valence-electron chi connectivity index (χ4n) is 3.96. The second-order valence-electron chi connectivity index (χ2n) is 11.8. The fraction of sp³-hybridized carbons (Fsp3) is 0.621. The minimum Gasteiger partial charge on any atom is -0.480 e. The highest BCUT2D eigenvalue weighted by atomic mass is 16.4. The molecule has 0 fully saturated rings. The van der Waals surface area contributed by atoms with Crippen molar-refractivity contribution < 1.29 is 48.3 Å². The fourth-order valence-corrected chi connectivity index (χ4v) is 3.96. The molecule has 0 rings (SSSR count). The number of aliphatic carboxylic acids is 1. The van der Waals surface area contributed by atoms with Crippen molar-refractivity contribution in [2.24, 2.45) is 44.6 Å². The Labute approximate surface area is 310 Å². The van der Waals surface area contributed by atoms with Gasteiger partial charge < -0.3 is 76.3 Å². The largest absolute Gasteiger partial charge is 0.480 e. The number of carboxylic acid groups (broad SMARTS) is 1. The van der Waals surface area contributed by atoms with Gasteiger partial charge in [-0.1, -0.05) is 13.8 Å². The molecule has 8 amide bonds. The molecule has 25 heteroatoms. The van der Waals surface area contributed by atoms with Crippen LogP contribution in [0.15, 0.2) is 9.98 Å². The van der Waals surface area contributed by atoms with Crippen molar-refractivity contribution >= 4 is 65.1 Å². The molecule has 0 saturated carbocycles. The summed E-state index contributed by atoms with van der Waals surface area (Å²) in [6, 6.07) is -3.27. The van der Waals surface area contributed by atoms with Crippen molar-refractivity contribution in [1.82, 2.24) is 42.5 Å². The standard InChI is InChI=1S/C29H53N15O10/c1-15(2)24(44-23(50)14-40-19(46)10-37-20(47)11-41-25(51)16(30)5-3-7-35-28(31)32)26(52)42-12-21(48)38-9-18(45)39-13-22(49)43-17(27(53)54)6-4-8-36-29(33)34/h15-17,24H,3-14,30H2,1-2H3,(H,37,47)(H,38,48)(H,39,45)(H,40,46)(H,41,51)(H,42,52)(H,43,49)(H,44,50)(H,53,54)(H4,31,32,35)(H4,33,34,36)/t16-,17-,24-/m0/s1. The lowest BCUT2D eigenvalue weighted by Gasteiger charge is -2.21. The van der Waals surface area contributed by atoms with E-state index in [1.807, 2.05) is 0 Å². The molecule has 54 heavy (non-hydrogen) atoms. The number of amides is 8. The Hall–Kier alpha value is -6.27.